The average molecular weight is 353 g/mol. The van der Waals surface area contributed by atoms with Gasteiger partial charge in [-0.15, -0.1) is 0 Å². The van der Waals surface area contributed by atoms with Gasteiger partial charge in [0.25, 0.3) is 5.91 Å². The number of benzene rings is 1. The maximum absolute atomic E-state index is 12.9. The molecule has 2 atom stereocenters. The van der Waals surface area contributed by atoms with Gasteiger partial charge in [0, 0.05) is 36.3 Å². The number of carbonyl (C=O) groups is 1. The Kier molecular flexibility index (Phi) is 4.57. The van der Waals surface area contributed by atoms with E-state index in [1.807, 2.05) is 28.8 Å². The Hall–Kier alpha value is -2.14. The van der Waals surface area contributed by atoms with Gasteiger partial charge < -0.3 is 14.8 Å². The van der Waals surface area contributed by atoms with Gasteiger partial charge >= 0.3 is 0 Å². The van der Waals surface area contributed by atoms with Crippen LogP contribution in [0.25, 0.3) is 10.9 Å². The Morgan fingerprint density at radius 3 is 2.58 bits per heavy atom. The molecule has 2 fully saturated rings. The molecule has 3 heterocycles. The normalized spacial score (nSPS) is 25.5. The zero-order valence-corrected chi connectivity index (χ0v) is 15.6. The molecule has 2 aliphatic rings. The SMILES string of the molecule is CCCn1cc(C(=O)NC2CC3CCC(C2)N3C)c(=O)c2ccccc21. The Balaban J connectivity index is 1.63. The number of para-hydroxylation sites is 1. The van der Waals surface area contributed by atoms with Crippen LogP contribution in [0.15, 0.2) is 35.3 Å². The molecule has 1 N–H and O–H groups in total. The number of hydrogen-bond acceptors (Lipinski definition) is 3. The van der Waals surface area contributed by atoms with E-state index in [-0.39, 0.29) is 22.9 Å². The van der Waals surface area contributed by atoms with Crippen LogP contribution in [0.2, 0.25) is 0 Å². The van der Waals surface area contributed by atoms with Crippen LogP contribution >= 0.6 is 0 Å². The smallest absolute Gasteiger partial charge is 0.256 e. The molecule has 2 bridgehead atoms. The summed E-state index contributed by atoms with van der Waals surface area (Å²) in [5, 5.41) is 3.77. The number of pyridine rings is 1. The first-order valence-electron chi connectivity index (χ1n) is 9.73. The van der Waals surface area contributed by atoms with Crippen molar-refractivity contribution in [3.63, 3.8) is 0 Å². The number of nitrogens with one attached hydrogen (secondary N) is 1. The van der Waals surface area contributed by atoms with Crippen LogP contribution in [0, 0.1) is 0 Å². The summed E-state index contributed by atoms with van der Waals surface area (Å²) in [5.41, 5.74) is 0.998. The molecule has 138 valence electrons. The molecule has 0 radical (unpaired) electrons. The minimum Gasteiger partial charge on any atom is -0.349 e. The Morgan fingerprint density at radius 2 is 1.88 bits per heavy atom. The summed E-state index contributed by atoms with van der Waals surface area (Å²) < 4.78 is 2.03. The molecule has 2 unspecified atom stereocenters. The largest absolute Gasteiger partial charge is 0.349 e. The Morgan fingerprint density at radius 1 is 1.19 bits per heavy atom. The van der Waals surface area contributed by atoms with E-state index in [1.165, 1.54) is 12.8 Å². The summed E-state index contributed by atoms with van der Waals surface area (Å²) in [6.45, 7) is 2.89. The molecule has 0 saturated carbocycles. The number of aromatic nitrogens is 1. The van der Waals surface area contributed by atoms with Crippen LogP contribution in [0.4, 0.5) is 0 Å². The summed E-state index contributed by atoms with van der Waals surface area (Å²) in [5.74, 6) is -0.223. The molecule has 1 aromatic heterocycles. The van der Waals surface area contributed by atoms with E-state index in [1.54, 1.807) is 6.20 Å². The molecule has 5 nitrogen and oxygen atoms in total. The maximum atomic E-state index is 12.9. The fourth-order valence-corrected chi connectivity index (χ4v) is 4.73. The van der Waals surface area contributed by atoms with Crippen LogP contribution in [0.3, 0.4) is 0 Å². The van der Waals surface area contributed by atoms with Crippen LogP contribution in [0.5, 0.6) is 0 Å². The van der Waals surface area contributed by atoms with E-state index in [2.05, 4.69) is 24.2 Å². The van der Waals surface area contributed by atoms with Crippen LogP contribution < -0.4 is 10.7 Å². The number of rotatable bonds is 4. The van der Waals surface area contributed by atoms with Crippen LogP contribution in [-0.4, -0.2) is 40.5 Å². The predicted molar refractivity (Wildman–Crippen MR) is 104 cm³/mol. The second-order valence-corrected chi connectivity index (χ2v) is 7.77. The summed E-state index contributed by atoms with van der Waals surface area (Å²) in [4.78, 5) is 28.2. The van der Waals surface area contributed by atoms with Gasteiger partial charge in [-0.25, -0.2) is 0 Å². The van der Waals surface area contributed by atoms with Gasteiger partial charge in [-0.2, -0.15) is 0 Å². The molecule has 5 heteroatoms. The lowest BCUT2D eigenvalue weighted by Gasteiger charge is -2.36. The zero-order valence-electron chi connectivity index (χ0n) is 15.6. The molecule has 2 aliphatic heterocycles. The molecule has 2 saturated heterocycles. The highest BCUT2D eigenvalue weighted by Gasteiger charge is 2.39. The molecule has 1 amide bonds. The quantitative estimate of drug-likeness (QED) is 0.920. The van der Waals surface area contributed by atoms with Gasteiger partial charge in [0.2, 0.25) is 5.43 Å². The van der Waals surface area contributed by atoms with Gasteiger partial charge in [-0.3, -0.25) is 9.59 Å². The molecular weight excluding hydrogens is 326 g/mol. The highest BCUT2D eigenvalue weighted by Crippen LogP contribution is 2.34. The number of fused-ring (bicyclic) bond motifs is 3. The topological polar surface area (TPSA) is 54.3 Å². The molecule has 2 aromatic rings. The van der Waals surface area contributed by atoms with Gasteiger partial charge in [-0.1, -0.05) is 19.1 Å². The van der Waals surface area contributed by atoms with Gasteiger partial charge in [0.1, 0.15) is 5.56 Å². The Bertz CT molecular complexity index is 874. The lowest BCUT2D eigenvalue weighted by Crippen LogP contribution is -2.49. The molecule has 0 spiro atoms. The van der Waals surface area contributed by atoms with E-state index in [0.717, 1.165) is 31.3 Å². The summed E-state index contributed by atoms with van der Waals surface area (Å²) in [6.07, 6.45) is 7.09. The molecule has 26 heavy (non-hydrogen) atoms. The van der Waals surface area contributed by atoms with Gasteiger partial charge in [0.05, 0.1) is 5.52 Å². The number of nitrogens with zero attached hydrogens (tertiary/aromatic N) is 2. The van der Waals surface area contributed by atoms with Crippen molar-refractivity contribution in [2.24, 2.45) is 0 Å². The lowest BCUT2D eigenvalue weighted by atomic mass is 9.97. The highest BCUT2D eigenvalue weighted by molar-refractivity contribution is 5.97. The first-order chi connectivity index (χ1) is 12.6. The van der Waals surface area contributed by atoms with Crippen molar-refractivity contribution in [2.75, 3.05) is 7.05 Å². The molecule has 0 aliphatic carbocycles. The third-order valence-electron chi connectivity index (χ3n) is 6.13. The maximum Gasteiger partial charge on any atom is 0.256 e. The minimum absolute atomic E-state index is 0.165. The second-order valence-electron chi connectivity index (χ2n) is 7.77. The van der Waals surface area contributed by atoms with E-state index in [0.29, 0.717) is 17.5 Å². The first-order valence-corrected chi connectivity index (χ1v) is 9.73. The average Bonchev–Trinajstić information content (AvgIpc) is 2.85. The zero-order chi connectivity index (χ0) is 18.3. The summed E-state index contributed by atoms with van der Waals surface area (Å²) in [6, 6.07) is 8.85. The monoisotopic (exact) mass is 353 g/mol. The highest BCUT2D eigenvalue weighted by atomic mass is 16.2. The van der Waals surface area contributed by atoms with Crippen molar-refractivity contribution >= 4 is 16.8 Å². The summed E-state index contributed by atoms with van der Waals surface area (Å²) in [7, 11) is 2.19. The number of piperidine rings is 1. The fourth-order valence-electron chi connectivity index (χ4n) is 4.73. The third-order valence-corrected chi connectivity index (χ3v) is 6.13. The van der Waals surface area contributed by atoms with Crippen molar-refractivity contribution in [1.29, 1.82) is 0 Å². The predicted octanol–water partition coefficient (Wildman–Crippen LogP) is 2.77. The van der Waals surface area contributed by atoms with Crippen molar-refractivity contribution < 1.29 is 4.79 Å². The number of amides is 1. The van der Waals surface area contributed by atoms with Crippen molar-refractivity contribution in [2.45, 2.75) is 63.7 Å². The van der Waals surface area contributed by atoms with Crippen molar-refractivity contribution in [1.82, 2.24) is 14.8 Å². The van der Waals surface area contributed by atoms with Gasteiger partial charge in [-0.05, 0) is 51.3 Å². The number of carbonyl (C=O) groups excluding carboxylic acids is 1. The first kappa shape index (κ1) is 17.3. The minimum atomic E-state index is -0.223. The number of hydrogen-bond donors (Lipinski definition) is 1. The Labute approximate surface area is 154 Å². The van der Waals surface area contributed by atoms with Crippen molar-refractivity contribution in [3.8, 4) is 0 Å². The standard InChI is InChI=1S/C21H27N3O2/c1-3-10-24-13-18(20(25)17-6-4-5-7-19(17)24)21(26)22-14-11-15-8-9-16(12-14)23(15)2/h4-7,13-16H,3,8-12H2,1-2H3,(H,22,26). The van der Waals surface area contributed by atoms with E-state index in [4.69, 9.17) is 0 Å². The second kappa shape index (κ2) is 6.88. The van der Waals surface area contributed by atoms with E-state index >= 15 is 0 Å². The fraction of sp³-hybridized carbons (Fsp3) is 0.524. The van der Waals surface area contributed by atoms with E-state index in [9.17, 15) is 9.59 Å². The van der Waals surface area contributed by atoms with E-state index < -0.39 is 0 Å². The third kappa shape index (κ3) is 2.94. The summed E-state index contributed by atoms with van der Waals surface area (Å²) >= 11 is 0. The number of aryl methyl sites for hydroxylation is 1. The molecule has 4 rings (SSSR count). The molecule has 1 aromatic carbocycles. The van der Waals surface area contributed by atoms with Crippen LogP contribution in [0.1, 0.15) is 49.4 Å². The van der Waals surface area contributed by atoms with Gasteiger partial charge in [0.15, 0.2) is 0 Å². The van der Waals surface area contributed by atoms with Crippen molar-refractivity contribution in [3.05, 3.63) is 46.2 Å². The molecular formula is C21H27N3O2. The lowest BCUT2D eigenvalue weighted by molar-refractivity contribution is 0.0881. The van der Waals surface area contributed by atoms with Crippen LogP contribution in [-0.2, 0) is 6.54 Å².